The Morgan fingerprint density at radius 2 is 1.93 bits per heavy atom. The van der Waals surface area contributed by atoms with Crippen LogP contribution in [0.25, 0.3) is 0 Å². The standard InChI is InChI=1S/C13H25NO/c1-11(2)7-5-6-10-14-13(15)12-8-3-4-9-12/h11-12H,3-10H2,1-2H3,(H,14,15). The highest BCUT2D eigenvalue weighted by atomic mass is 16.1. The van der Waals surface area contributed by atoms with E-state index in [0.29, 0.717) is 11.8 Å². The van der Waals surface area contributed by atoms with Crippen molar-refractivity contribution in [3.05, 3.63) is 0 Å². The molecule has 2 nitrogen and oxygen atoms in total. The monoisotopic (exact) mass is 211 g/mol. The number of nitrogens with one attached hydrogen (secondary N) is 1. The van der Waals surface area contributed by atoms with E-state index in [0.717, 1.165) is 31.7 Å². The predicted molar refractivity (Wildman–Crippen MR) is 63.7 cm³/mol. The van der Waals surface area contributed by atoms with E-state index in [4.69, 9.17) is 0 Å². The van der Waals surface area contributed by atoms with Crippen molar-refractivity contribution in [1.29, 1.82) is 0 Å². The van der Waals surface area contributed by atoms with Crippen LogP contribution in [-0.2, 0) is 4.79 Å². The molecular weight excluding hydrogens is 186 g/mol. The fourth-order valence-corrected chi connectivity index (χ4v) is 2.22. The molecule has 0 aromatic carbocycles. The average Bonchev–Trinajstić information content (AvgIpc) is 2.69. The number of carbonyl (C=O) groups is 1. The minimum atomic E-state index is 0.303. The molecule has 15 heavy (non-hydrogen) atoms. The first kappa shape index (κ1) is 12.5. The summed E-state index contributed by atoms with van der Waals surface area (Å²) in [5.74, 6) is 1.42. The van der Waals surface area contributed by atoms with Gasteiger partial charge in [-0.3, -0.25) is 4.79 Å². The summed E-state index contributed by atoms with van der Waals surface area (Å²) in [5, 5.41) is 3.06. The normalized spacial score (nSPS) is 17.3. The molecule has 2 heteroatoms. The maximum Gasteiger partial charge on any atom is 0.223 e. The lowest BCUT2D eigenvalue weighted by molar-refractivity contribution is -0.124. The second-order valence-electron chi connectivity index (χ2n) is 5.16. The van der Waals surface area contributed by atoms with Crippen molar-refractivity contribution < 1.29 is 4.79 Å². The Hall–Kier alpha value is -0.530. The largest absolute Gasteiger partial charge is 0.356 e. The molecule has 0 atom stereocenters. The van der Waals surface area contributed by atoms with Gasteiger partial charge in [0.2, 0.25) is 5.91 Å². The van der Waals surface area contributed by atoms with Crippen LogP contribution in [0.15, 0.2) is 0 Å². The number of amides is 1. The van der Waals surface area contributed by atoms with Crippen LogP contribution in [0.3, 0.4) is 0 Å². The summed E-state index contributed by atoms with van der Waals surface area (Å²) in [5.41, 5.74) is 0. The molecule has 0 aliphatic heterocycles. The van der Waals surface area contributed by atoms with E-state index in [1.54, 1.807) is 0 Å². The molecule has 1 N–H and O–H groups in total. The molecule has 1 aliphatic rings. The van der Waals surface area contributed by atoms with Crippen molar-refractivity contribution in [2.45, 2.75) is 58.8 Å². The summed E-state index contributed by atoms with van der Waals surface area (Å²) >= 11 is 0. The molecule has 88 valence electrons. The third-order valence-corrected chi connectivity index (χ3v) is 3.23. The fourth-order valence-electron chi connectivity index (χ4n) is 2.22. The van der Waals surface area contributed by atoms with Crippen LogP contribution in [-0.4, -0.2) is 12.5 Å². The number of unbranched alkanes of at least 4 members (excludes halogenated alkanes) is 1. The van der Waals surface area contributed by atoms with Crippen LogP contribution < -0.4 is 5.32 Å². The topological polar surface area (TPSA) is 29.1 Å². The molecule has 0 aromatic rings. The minimum absolute atomic E-state index is 0.303. The van der Waals surface area contributed by atoms with E-state index < -0.39 is 0 Å². The first-order valence-electron chi connectivity index (χ1n) is 6.48. The minimum Gasteiger partial charge on any atom is -0.356 e. The molecular formula is C13H25NO. The molecule has 0 unspecified atom stereocenters. The van der Waals surface area contributed by atoms with E-state index in [2.05, 4.69) is 19.2 Å². The first-order valence-corrected chi connectivity index (χ1v) is 6.48. The lowest BCUT2D eigenvalue weighted by Gasteiger charge is -2.10. The third-order valence-electron chi connectivity index (χ3n) is 3.23. The highest BCUT2D eigenvalue weighted by molar-refractivity contribution is 5.78. The molecule has 0 heterocycles. The molecule has 1 amide bonds. The van der Waals surface area contributed by atoms with Gasteiger partial charge in [0.1, 0.15) is 0 Å². The van der Waals surface area contributed by atoms with Crippen LogP contribution in [0.1, 0.15) is 58.8 Å². The van der Waals surface area contributed by atoms with Gasteiger partial charge in [-0.2, -0.15) is 0 Å². The Labute approximate surface area is 93.8 Å². The molecule has 1 saturated carbocycles. The summed E-state index contributed by atoms with van der Waals surface area (Å²) in [6.07, 6.45) is 8.35. The summed E-state index contributed by atoms with van der Waals surface area (Å²) in [4.78, 5) is 11.6. The Bertz CT molecular complexity index is 183. The van der Waals surface area contributed by atoms with Crippen LogP contribution in [0.5, 0.6) is 0 Å². The van der Waals surface area contributed by atoms with Crippen molar-refractivity contribution in [2.24, 2.45) is 11.8 Å². The molecule has 1 rings (SSSR count). The van der Waals surface area contributed by atoms with E-state index in [-0.39, 0.29) is 0 Å². The Balaban J connectivity index is 1.97. The second-order valence-corrected chi connectivity index (χ2v) is 5.16. The van der Waals surface area contributed by atoms with Crippen molar-refractivity contribution in [3.63, 3.8) is 0 Å². The molecule has 0 bridgehead atoms. The molecule has 0 radical (unpaired) electrons. The van der Waals surface area contributed by atoms with Gasteiger partial charge in [0.15, 0.2) is 0 Å². The average molecular weight is 211 g/mol. The maximum atomic E-state index is 11.6. The highest BCUT2D eigenvalue weighted by Gasteiger charge is 2.21. The lowest BCUT2D eigenvalue weighted by Crippen LogP contribution is -2.30. The summed E-state index contributed by atoms with van der Waals surface area (Å²) in [7, 11) is 0. The third kappa shape index (κ3) is 5.19. The van der Waals surface area contributed by atoms with Crippen molar-refractivity contribution in [2.75, 3.05) is 6.54 Å². The smallest absolute Gasteiger partial charge is 0.223 e. The number of hydrogen-bond acceptors (Lipinski definition) is 1. The molecule has 0 aromatic heterocycles. The van der Waals surface area contributed by atoms with Crippen molar-refractivity contribution >= 4 is 5.91 Å². The highest BCUT2D eigenvalue weighted by Crippen LogP contribution is 2.24. The van der Waals surface area contributed by atoms with Gasteiger partial charge in [0.05, 0.1) is 0 Å². The van der Waals surface area contributed by atoms with E-state index in [1.165, 1.54) is 25.7 Å². The zero-order valence-electron chi connectivity index (χ0n) is 10.2. The van der Waals surface area contributed by atoms with Gasteiger partial charge in [0.25, 0.3) is 0 Å². The van der Waals surface area contributed by atoms with Crippen LogP contribution in [0.4, 0.5) is 0 Å². The molecule has 1 aliphatic carbocycles. The van der Waals surface area contributed by atoms with Gasteiger partial charge < -0.3 is 5.32 Å². The van der Waals surface area contributed by atoms with Gasteiger partial charge >= 0.3 is 0 Å². The zero-order valence-corrected chi connectivity index (χ0v) is 10.2. The second kappa shape index (κ2) is 6.86. The quantitative estimate of drug-likeness (QED) is 0.672. The SMILES string of the molecule is CC(C)CCCCNC(=O)C1CCCC1. The maximum absolute atomic E-state index is 11.6. The number of rotatable bonds is 6. The fraction of sp³-hybridized carbons (Fsp3) is 0.923. The van der Waals surface area contributed by atoms with E-state index in [9.17, 15) is 4.79 Å². The van der Waals surface area contributed by atoms with Gasteiger partial charge in [-0.1, -0.05) is 39.5 Å². The molecule has 0 saturated heterocycles. The van der Waals surface area contributed by atoms with Crippen LogP contribution in [0.2, 0.25) is 0 Å². The van der Waals surface area contributed by atoms with E-state index in [1.807, 2.05) is 0 Å². The Morgan fingerprint density at radius 1 is 1.27 bits per heavy atom. The number of carbonyl (C=O) groups excluding carboxylic acids is 1. The van der Waals surface area contributed by atoms with Gasteiger partial charge in [-0.25, -0.2) is 0 Å². The molecule has 1 fully saturated rings. The lowest BCUT2D eigenvalue weighted by atomic mass is 10.1. The first-order chi connectivity index (χ1) is 7.20. The predicted octanol–water partition coefficient (Wildman–Crippen LogP) is 3.12. The number of hydrogen-bond donors (Lipinski definition) is 1. The van der Waals surface area contributed by atoms with Gasteiger partial charge in [-0.15, -0.1) is 0 Å². The van der Waals surface area contributed by atoms with Gasteiger partial charge in [0, 0.05) is 12.5 Å². The Morgan fingerprint density at radius 3 is 2.53 bits per heavy atom. The van der Waals surface area contributed by atoms with Crippen molar-refractivity contribution in [3.8, 4) is 0 Å². The van der Waals surface area contributed by atoms with Crippen LogP contribution >= 0.6 is 0 Å². The van der Waals surface area contributed by atoms with Crippen LogP contribution in [0, 0.1) is 11.8 Å². The molecule has 0 spiro atoms. The summed E-state index contributed by atoms with van der Waals surface area (Å²) < 4.78 is 0. The summed E-state index contributed by atoms with van der Waals surface area (Å²) in [6, 6.07) is 0. The van der Waals surface area contributed by atoms with Gasteiger partial charge in [-0.05, 0) is 25.2 Å². The van der Waals surface area contributed by atoms with Crippen molar-refractivity contribution in [1.82, 2.24) is 5.32 Å². The summed E-state index contributed by atoms with van der Waals surface area (Å²) in [6.45, 7) is 5.37. The van der Waals surface area contributed by atoms with E-state index >= 15 is 0 Å². The zero-order chi connectivity index (χ0) is 11.1. The Kier molecular flexibility index (Phi) is 5.74.